The second-order valence-corrected chi connectivity index (χ2v) is 10.8. The number of urea groups is 1. The maximum atomic E-state index is 13.3. The molecule has 1 N–H and O–H groups in total. The maximum absolute atomic E-state index is 13.3. The monoisotopic (exact) mass is 555 g/mol. The van der Waals surface area contributed by atoms with E-state index in [4.69, 9.17) is 0 Å². The standard InChI is InChI=1S/C28H28F3N5O4/c29-28(30,31)16-36-23-10-9-19(12-22(23)25(38)35(27(36)40)13-17-7-8-17)32-26(39)33-11-3-5-20(15-33)34-14-18-4-1-2-6-21(18)24(34)37/h1-2,4,6,9-10,12,17,20H,3,5,7-8,11,13-16H2,(H,32,39). The van der Waals surface area contributed by atoms with Gasteiger partial charge in [-0.25, -0.2) is 9.59 Å². The van der Waals surface area contributed by atoms with Gasteiger partial charge in [-0.2, -0.15) is 13.2 Å². The normalized spacial score (nSPS) is 19.3. The van der Waals surface area contributed by atoms with Crippen LogP contribution in [0.25, 0.3) is 10.9 Å². The smallest absolute Gasteiger partial charge is 0.330 e. The fourth-order valence-corrected chi connectivity index (χ4v) is 5.72. The highest BCUT2D eigenvalue weighted by molar-refractivity contribution is 5.98. The maximum Gasteiger partial charge on any atom is 0.406 e. The molecule has 3 aromatic rings. The number of benzene rings is 2. The Morgan fingerprint density at radius 1 is 1.00 bits per heavy atom. The van der Waals surface area contributed by atoms with Crippen LogP contribution in [0.15, 0.2) is 52.1 Å². The first-order chi connectivity index (χ1) is 19.1. The Morgan fingerprint density at radius 3 is 2.50 bits per heavy atom. The van der Waals surface area contributed by atoms with E-state index in [0.717, 1.165) is 29.4 Å². The SMILES string of the molecule is O=C(Nc1ccc2c(c1)c(=O)n(CC1CC1)c(=O)n2CC(F)(F)F)N1CCCC(N2Cc3ccccc3C2=O)C1. The molecule has 3 heterocycles. The minimum Gasteiger partial charge on any atom is -0.330 e. The molecule has 1 saturated heterocycles. The Balaban J connectivity index is 1.24. The predicted molar refractivity (Wildman–Crippen MR) is 141 cm³/mol. The van der Waals surface area contributed by atoms with Crippen LogP contribution in [0.2, 0.25) is 0 Å². The van der Waals surface area contributed by atoms with E-state index in [-0.39, 0.29) is 41.0 Å². The van der Waals surface area contributed by atoms with Gasteiger partial charge in [-0.15, -0.1) is 0 Å². The van der Waals surface area contributed by atoms with Crippen molar-refractivity contribution >= 4 is 28.5 Å². The topological polar surface area (TPSA) is 96.6 Å². The van der Waals surface area contributed by atoms with Crippen molar-refractivity contribution in [2.24, 2.45) is 5.92 Å². The molecule has 2 aromatic carbocycles. The number of rotatable bonds is 5. The van der Waals surface area contributed by atoms with Gasteiger partial charge in [0.1, 0.15) is 6.54 Å². The van der Waals surface area contributed by atoms with Gasteiger partial charge >= 0.3 is 17.9 Å². The largest absolute Gasteiger partial charge is 0.406 e. The summed E-state index contributed by atoms with van der Waals surface area (Å²) < 4.78 is 41.4. The highest BCUT2D eigenvalue weighted by atomic mass is 19.4. The number of halogens is 3. The number of nitrogens with one attached hydrogen (secondary N) is 1. The summed E-state index contributed by atoms with van der Waals surface area (Å²) in [6.07, 6.45) is -1.58. The first-order valence-corrected chi connectivity index (χ1v) is 13.4. The van der Waals surface area contributed by atoms with Gasteiger partial charge in [0, 0.05) is 37.4 Å². The minimum atomic E-state index is -4.66. The molecule has 3 aliphatic rings. The van der Waals surface area contributed by atoms with Crippen molar-refractivity contribution < 1.29 is 22.8 Å². The third-order valence-electron chi connectivity index (χ3n) is 7.92. The van der Waals surface area contributed by atoms with Crippen LogP contribution >= 0.6 is 0 Å². The Kier molecular flexibility index (Phi) is 6.42. The van der Waals surface area contributed by atoms with E-state index >= 15 is 0 Å². The Hall–Kier alpha value is -4.09. The Labute approximate surface area is 226 Å². The molecule has 1 aromatic heterocycles. The number of nitrogens with zero attached hydrogens (tertiary/aromatic N) is 4. The van der Waals surface area contributed by atoms with Crippen LogP contribution in [-0.2, 0) is 19.6 Å². The summed E-state index contributed by atoms with van der Waals surface area (Å²) >= 11 is 0. The summed E-state index contributed by atoms with van der Waals surface area (Å²) in [5.74, 6) is 0.0390. The number of hydrogen-bond donors (Lipinski definition) is 1. The van der Waals surface area contributed by atoms with Crippen molar-refractivity contribution in [3.8, 4) is 0 Å². The van der Waals surface area contributed by atoms with Crippen LogP contribution in [0, 0.1) is 5.92 Å². The molecule has 2 fully saturated rings. The van der Waals surface area contributed by atoms with E-state index in [1.54, 1.807) is 15.9 Å². The molecule has 6 rings (SSSR count). The lowest BCUT2D eigenvalue weighted by Gasteiger charge is -2.37. The molecule has 0 radical (unpaired) electrons. The lowest BCUT2D eigenvalue weighted by molar-refractivity contribution is -0.140. The zero-order chi connectivity index (χ0) is 28.2. The molecule has 0 spiro atoms. The molecule has 2 aliphatic heterocycles. The van der Waals surface area contributed by atoms with Crippen molar-refractivity contribution in [3.05, 3.63) is 74.4 Å². The second kappa shape index (κ2) is 9.83. The van der Waals surface area contributed by atoms with Crippen LogP contribution in [0.1, 0.15) is 41.6 Å². The average molecular weight is 556 g/mol. The summed E-state index contributed by atoms with van der Waals surface area (Å²) in [6, 6.07) is 10.8. The third-order valence-corrected chi connectivity index (χ3v) is 7.92. The van der Waals surface area contributed by atoms with Crippen LogP contribution in [0.5, 0.6) is 0 Å². The summed E-state index contributed by atoms with van der Waals surface area (Å²) in [5, 5.41) is 2.68. The number of alkyl halides is 3. The highest BCUT2D eigenvalue weighted by Crippen LogP contribution is 2.30. The number of piperidine rings is 1. The number of hydrogen-bond acceptors (Lipinski definition) is 4. The molecule has 1 aliphatic carbocycles. The van der Waals surface area contributed by atoms with Gasteiger partial charge in [0.05, 0.1) is 16.9 Å². The van der Waals surface area contributed by atoms with Gasteiger partial charge in [-0.3, -0.25) is 18.7 Å². The van der Waals surface area contributed by atoms with Gasteiger partial charge in [-0.05, 0) is 61.4 Å². The van der Waals surface area contributed by atoms with Crippen molar-refractivity contribution in [2.75, 3.05) is 18.4 Å². The van der Waals surface area contributed by atoms with E-state index in [1.165, 1.54) is 18.2 Å². The molecule has 1 saturated carbocycles. The average Bonchev–Trinajstić information content (AvgIpc) is 3.69. The quantitative estimate of drug-likeness (QED) is 0.518. The van der Waals surface area contributed by atoms with Crippen molar-refractivity contribution in [3.63, 3.8) is 0 Å². The van der Waals surface area contributed by atoms with Crippen molar-refractivity contribution in [1.29, 1.82) is 0 Å². The number of amides is 3. The second-order valence-electron chi connectivity index (χ2n) is 10.8. The zero-order valence-corrected chi connectivity index (χ0v) is 21.6. The summed E-state index contributed by atoms with van der Waals surface area (Å²) in [6.45, 7) is -0.154. The summed E-state index contributed by atoms with van der Waals surface area (Å²) in [5.41, 5.74) is 0.0697. The molecule has 12 heteroatoms. The number of fused-ring (bicyclic) bond motifs is 2. The number of carbonyl (C=O) groups is 2. The van der Waals surface area contributed by atoms with Gasteiger partial charge in [-0.1, -0.05) is 18.2 Å². The van der Waals surface area contributed by atoms with E-state index in [2.05, 4.69) is 5.32 Å². The minimum absolute atomic E-state index is 0.0511. The van der Waals surface area contributed by atoms with Crippen LogP contribution in [-0.4, -0.2) is 56.2 Å². The number of carbonyl (C=O) groups excluding carboxylic acids is 2. The molecule has 210 valence electrons. The molecule has 0 bridgehead atoms. The predicted octanol–water partition coefficient (Wildman–Crippen LogP) is 3.79. The first kappa shape index (κ1) is 26.1. The van der Waals surface area contributed by atoms with E-state index in [9.17, 15) is 32.3 Å². The lowest BCUT2D eigenvalue weighted by atomic mass is 10.0. The molecular formula is C28H28F3N5O4. The summed E-state index contributed by atoms with van der Waals surface area (Å²) in [4.78, 5) is 55.6. The highest BCUT2D eigenvalue weighted by Gasteiger charge is 2.36. The molecule has 1 atom stereocenters. The van der Waals surface area contributed by atoms with Gasteiger partial charge in [0.25, 0.3) is 11.5 Å². The number of likely N-dealkylation sites (tertiary alicyclic amines) is 1. The zero-order valence-electron chi connectivity index (χ0n) is 21.6. The van der Waals surface area contributed by atoms with Crippen molar-refractivity contribution in [1.82, 2.24) is 18.9 Å². The third kappa shape index (κ3) is 4.98. The van der Waals surface area contributed by atoms with Gasteiger partial charge in [0.15, 0.2) is 0 Å². The van der Waals surface area contributed by atoms with Crippen LogP contribution < -0.4 is 16.6 Å². The summed E-state index contributed by atoms with van der Waals surface area (Å²) in [7, 11) is 0. The number of anilines is 1. The van der Waals surface area contributed by atoms with E-state index in [1.807, 2.05) is 18.2 Å². The van der Waals surface area contributed by atoms with E-state index in [0.29, 0.717) is 36.2 Å². The fourth-order valence-electron chi connectivity index (χ4n) is 5.72. The lowest BCUT2D eigenvalue weighted by Crippen LogP contribution is -2.51. The molecule has 3 amide bonds. The fraction of sp³-hybridized carbons (Fsp3) is 0.429. The molecule has 1 unspecified atom stereocenters. The molecular weight excluding hydrogens is 527 g/mol. The molecule has 40 heavy (non-hydrogen) atoms. The van der Waals surface area contributed by atoms with E-state index < -0.39 is 30.0 Å². The van der Waals surface area contributed by atoms with Crippen molar-refractivity contribution in [2.45, 2.75) is 57.5 Å². The van der Waals surface area contributed by atoms with Crippen LogP contribution in [0.3, 0.4) is 0 Å². The van der Waals surface area contributed by atoms with Gasteiger partial charge < -0.3 is 15.1 Å². The van der Waals surface area contributed by atoms with Gasteiger partial charge in [0.2, 0.25) is 0 Å². The molecule has 9 nitrogen and oxygen atoms in total. The first-order valence-electron chi connectivity index (χ1n) is 13.4. The Morgan fingerprint density at radius 2 is 1.77 bits per heavy atom. The van der Waals surface area contributed by atoms with Crippen LogP contribution in [0.4, 0.5) is 23.7 Å². The Bertz CT molecular complexity index is 1620. The number of aromatic nitrogens is 2.